The minimum Gasteiger partial charge on any atom is -1.00 e. The first kappa shape index (κ1) is 16.5. The molecule has 1 amide bonds. The van der Waals surface area contributed by atoms with Crippen molar-refractivity contribution < 1.29 is 21.9 Å². The first-order valence-corrected chi connectivity index (χ1v) is 8.78. The fourth-order valence-electron chi connectivity index (χ4n) is 5.81. The van der Waals surface area contributed by atoms with E-state index in [0.717, 1.165) is 50.6 Å². The number of rotatable bonds is 4. The maximum atomic E-state index is 12.2. The Hall–Kier alpha value is -0.320. The molecule has 4 saturated carbocycles. The van der Waals surface area contributed by atoms with E-state index >= 15 is 0 Å². The number of carbonyl (C=O) groups excluding carboxylic acids is 1. The Labute approximate surface area is 139 Å². The van der Waals surface area contributed by atoms with E-state index < -0.39 is 0 Å². The second-order valence-electron chi connectivity index (χ2n) is 8.08. The van der Waals surface area contributed by atoms with Crippen molar-refractivity contribution in [3.63, 3.8) is 0 Å². The number of ether oxygens (including phenoxy) is 1. The molecule has 1 N–H and O–H groups in total. The van der Waals surface area contributed by atoms with Gasteiger partial charge in [0.05, 0.1) is 19.8 Å². The molecule has 1 aliphatic heterocycles. The zero-order valence-electron chi connectivity index (χ0n) is 13.4. The Bertz CT molecular complexity index is 374. The summed E-state index contributed by atoms with van der Waals surface area (Å²) in [6, 6.07) is 0. The molecule has 1 saturated heterocycles. The van der Waals surface area contributed by atoms with Crippen molar-refractivity contribution in [2.75, 3.05) is 39.4 Å². The fourth-order valence-corrected chi connectivity index (χ4v) is 5.81. The smallest absolute Gasteiger partial charge is 0.234 e. The number of hydrogen-bond donors (Lipinski definition) is 1. The molecule has 4 nitrogen and oxygen atoms in total. The lowest BCUT2D eigenvalue weighted by atomic mass is 9.49. The zero-order valence-corrected chi connectivity index (χ0v) is 14.1. The minimum atomic E-state index is 0. The van der Waals surface area contributed by atoms with Crippen LogP contribution in [-0.4, -0.2) is 50.2 Å². The lowest BCUT2D eigenvalue weighted by Crippen LogP contribution is -3.00. The van der Waals surface area contributed by atoms with Crippen LogP contribution in [0.4, 0.5) is 0 Å². The van der Waals surface area contributed by atoms with Gasteiger partial charge in [-0.3, -0.25) is 9.69 Å². The van der Waals surface area contributed by atoms with Gasteiger partial charge in [0.25, 0.3) is 0 Å². The molecule has 0 radical (unpaired) electrons. The van der Waals surface area contributed by atoms with Crippen molar-refractivity contribution in [3.05, 3.63) is 0 Å². The van der Waals surface area contributed by atoms with Gasteiger partial charge in [-0.25, -0.2) is 0 Å². The molecule has 4 bridgehead atoms. The van der Waals surface area contributed by atoms with Gasteiger partial charge in [-0.1, -0.05) is 0 Å². The number of amides is 1. The van der Waals surface area contributed by atoms with Crippen LogP contribution in [0.1, 0.15) is 38.5 Å². The number of hydrogen-bond acceptors (Lipinski definition) is 3. The van der Waals surface area contributed by atoms with Crippen molar-refractivity contribution in [2.45, 2.75) is 38.5 Å². The molecule has 0 spiro atoms. The number of carbonyl (C=O) groups is 1. The summed E-state index contributed by atoms with van der Waals surface area (Å²) in [6.45, 7) is 4.80. The molecule has 1 heterocycles. The predicted octanol–water partition coefficient (Wildman–Crippen LogP) is -1.34. The Morgan fingerprint density at radius 1 is 1.05 bits per heavy atom. The quantitative estimate of drug-likeness (QED) is 0.694. The van der Waals surface area contributed by atoms with Gasteiger partial charge in [-0.15, -0.1) is 0 Å². The number of nitrogens with zero attached hydrogens (tertiary/aromatic N) is 1. The summed E-state index contributed by atoms with van der Waals surface area (Å²) in [5.41, 5.74) is 0.454. The predicted molar refractivity (Wildman–Crippen MR) is 80.9 cm³/mol. The van der Waals surface area contributed by atoms with Gasteiger partial charge in [0, 0.05) is 19.6 Å². The van der Waals surface area contributed by atoms with Crippen LogP contribution in [0.5, 0.6) is 0 Å². The highest BCUT2D eigenvalue weighted by Gasteiger charge is 2.50. The van der Waals surface area contributed by atoms with Crippen LogP contribution in [0, 0.1) is 23.2 Å². The number of nitrogens with one attached hydrogen (secondary N) is 1. The maximum Gasteiger partial charge on any atom is 0.234 e. The van der Waals surface area contributed by atoms with Gasteiger partial charge in [0.1, 0.15) is 0 Å². The fraction of sp³-hybridized carbons (Fsp3) is 0.941. The Morgan fingerprint density at radius 3 is 2.14 bits per heavy atom. The molecule has 0 atom stereocenters. The lowest BCUT2D eigenvalue weighted by molar-refractivity contribution is -0.125. The summed E-state index contributed by atoms with van der Waals surface area (Å²) in [5, 5.41) is 3.27. The number of morpholine rings is 1. The molecule has 5 aliphatic rings. The van der Waals surface area contributed by atoms with Gasteiger partial charge >= 0.3 is 0 Å². The average molecular weight is 328 g/mol. The lowest BCUT2D eigenvalue weighted by Gasteiger charge is -2.56. The normalized spacial score (nSPS) is 40.3. The highest BCUT2D eigenvalue weighted by atomic mass is 35.5. The monoisotopic (exact) mass is 327 g/mol. The average Bonchev–Trinajstić information content (AvgIpc) is 2.45. The Balaban J connectivity index is 0.00000144. The van der Waals surface area contributed by atoms with Crippen LogP contribution in [0.3, 0.4) is 0 Å². The first-order chi connectivity index (χ1) is 10.2. The van der Waals surface area contributed by atoms with Crippen molar-refractivity contribution in [3.8, 4) is 0 Å². The van der Waals surface area contributed by atoms with E-state index in [1.165, 1.54) is 38.5 Å². The topological polar surface area (TPSA) is 41.6 Å². The van der Waals surface area contributed by atoms with Crippen molar-refractivity contribution in [1.29, 1.82) is 0 Å². The summed E-state index contributed by atoms with van der Waals surface area (Å²) in [5.74, 6) is 3.11. The Kier molecular flexibility index (Phi) is 5.01. The molecule has 4 aliphatic carbocycles. The van der Waals surface area contributed by atoms with Crippen LogP contribution >= 0.6 is 0 Å². The molecule has 0 aromatic rings. The van der Waals surface area contributed by atoms with Crippen LogP contribution in [0.2, 0.25) is 0 Å². The molecule has 5 heteroatoms. The second-order valence-corrected chi connectivity index (χ2v) is 8.08. The van der Waals surface area contributed by atoms with Crippen molar-refractivity contribution in [2.24, 2.45) is 23.2 Å². The van der Waals surface area contributed by atoms with E-state index in [0.29, 0.717) is 12.0 Å². The van der Waals surface area contributed by atoms with E-state index in [-0.39, 0.29) is 18.3 Å². The third kappa shape index (κ3) is 3.44. The molecule has 5 rings (SSSR count). The highest BCUT2D eigenvalue weighted by Crippen LogP contribution is 2.59. The van der Waals surface area contributed by atoms with Crippen LogP contribution in [0.15, 0.2) is 0 Å². The third-order valence-electron chi connectivity index (χ3n) is 6.30. The van der Waals surface area contributed by atoms with Gasteiger partial charge in [0.2, 0.25) is 5.91 Å². The molecule has 0 aromatic carbocycles. The molecule has 126 valence electrons. The summed E-state index contributed by atoms with van der Waals surface area (Å²) in [4.78, 5) is 14.4. The second kappa shape index (κ2) is 6.66. The van der Waals surface area contributed by atoms with Crippen LogP contribution < -0.4 is 17.7 Å². The third-order valence-corrected chi connectivity index (χ3v) is 6.30. The summed E-state index contributed by atoms with van der Waals surface area (Å²) >= 11 is 0. The maximum absolute atomic E-state index is 12.2. The minimum absolute atomic E-state index is 0. The molecule has 0 unspecified atom stereocenters. The van der Waals surface area contributed by atoms with Gasteiger partial charge in [-0.2, -0.15) is 0 Å². The first-order valence-electron chi connectivity index (χ1n) is 8.78. The zero-order chi connectivity index (χ0) is 14.3. The van der Waals surface area contributed by atoms with Gasteiger partial charge in [-0.05, 0) is 61.7 Å². The summed E-state index contributed by atoms with van der Waals surface area (Å²) < 4.78 is 5.33. The molecule has 22 heavy (non-hydrogen) atoms. The highest BCUT2D eigenvalue weighted by molar-refractivity contribution is 5.78. The van der Waals surface area contributed by atoms with Crippen molar-refractivity contribution in [1.82, 2.24) is 10.2 Å². The molecular formula is C17H28ClN2O2-. The molecule has 0 aromatic heterocycles. The van der Waals surface area contributed by atoms with Gasteiger partial charge in [0.15, 0.2) is 0 Å². The van der Waals surface area contributed by atoms with Gasteiger partial charge < -0.3 is 22.5 Å². The van der Waals surface area contributed by atoms with Crippen LogP contribution in [0.25, 0.3) is 0 Å². The SMILES string of the molecule is O=C(CN1CCOCC1)NCC12CC3CC(CC(C3)C1)C2.[Cl-]. The molecule has 5 fully saturated rings. The van der Waals surface area contributed by atoms with Crippen LogP contribution in [-0.2, 0) is 9.53 Å². The van der Waals surface area contributed by atoms with Crippen molar-refractivity contribution >= 4 is 5.91 Å². The van der Waals surface area contributed by atoms with E-state index in [1.54, 1.807) is 0 Å². The number of halogens is 1. The van der Waals surface area contributed by atoms with E-state index in [9.17, 15) is 4.79 Å². The molecular weight excluding hydrogens is 300 g/mol. The summed E-state index contributed by atoms with van der Waals surface area (Å²) in [6.07, 6.45) is 8.54. The largest absolute Gasteiger partial charge is 1.00 e. The van der Waals surface area contributed by atoms with E-state index in [1.807, 2.05) is 0 Å². The van der Waals surface area contributed by atoms with E-state index in [4.69, 9.17) is 4.74 Å². The standard InChI is InChI=1S/C17H28N2O2.ClH/c20-16(11-19-1-3-21-4-2-19)18-12-17-8-13-5-14(9-17)7-15(6-13)10-17;/h13-15H,1-12H2,(H,18,20);1H/p-1. The Morgan fingerprint density at radius 2 is 1.59 bits per heavy atom. The van der Waals surface area contributed by atoms with E-state index in [2.05, 4.69) is 10.2 Å². The summed E-state index contributed by atoms with van der Waals surface area (Å²) in [7, 11) is 0.